The average Bonchev–Trinajstić information content (AvgIpc) is 2.19. The molecule has 1 aliphatic rings. The van der Waals surface area contributed by atoms with E-state index in [0.717, 1.165) is 38.8 Å². The summed E-state index contributed by atoms with van der Waals surface area (Å²) in [5, 5.41) is 3.31. The van der Waals surface area contributed by atoms with Crippen LogP contribution in [0.15, 0.2) is 0 Å². The first kappa shape index (κ1) is 11.7. The second-order valence-corrected chi connectivity index (χ2v) is 4.69. The molecule has 0 aromatic carbocycles. The van der Waals surface area contributed by atoms with Crippen LogP contribution >= 0.6 is 0 Å². The Balaban J connectivity index is 2.33. The van der Waals surface area contributed by atoms with Gasteiger partial charge in [-0.25, -0.2) is 0 Å². The van der Waals surface area contributed by atoms with E-state index in [9.17, 15) is 4.79 Å². The van der Waals surface area contributed by atoms with Gasteiger partial charge in [-0.1, -0.05) is 26.7 Å². The van der Waals surface area contributed by atoms with Crippen molar-refractivity contribution in [2.24, 2.45) is 5.41 Å². The van der Waals surface area contributed by atoms with Gasteiger partial charge in [-0.3, -0.25) is 4.79 Å². The van der Waals surface area contributed by atoms with Crippen LogP contribution in [-0.4, -0.2) is 18.9 Å². The Hall–Kier alpha value is -0.370. The molecule has 1 N–H and O–H groups in total. The summed E-state index contributed by atoms with van der Waals surface area (Å²) in [6.07, 6.45) is 6.32. The fourth-order valence-electron chi connectivity index (χ4n) is 2.09. The third kappa shape index (κ3) is 3.09. The summed E-state index contributed by atoms with van der Waals surface area (Å²) in [5.74, 6) is 0.493. The fraction of sp³-hybridized carbons (Fsp3) is 0.917. The Labute approximate surface area is 87.5 Å². The molecule has 1 fully saturated rings. The number of hydrogen-bond donors (Lipinski definition) is 1. The van der Waals surface area contributed by atoms with Crippen LogP contribution < -0.4 is 5.32 Å². The SMILES string of the molecule is CCCCCC(=O)C1(C)CCNCC1. The number of nitrogens with one attached hydrogen (secondary N) is 1. The van der Waals surface area contributed by atoms with Crippen LogP contribution in [0.25, 0.3) is 0 Å². The maximum absolute atomic E-state index is 12.0. The Bertz CT molecular complexity index is 183. The summed E-state index contributed by atoms with van der Waals surface area (Å²) >= 11 is 0. The number of rotatable bonds is 5. The lowest BCUT2D eigenvalue weighted by molar-refractivity contribution is -0.129. The molecule has 0 aromatic heterocycles. The van der Waals surface area contributed by atoms with Crippen LogP contribution in [0.5, 0.6) is 0 Å². The van der Waals surface area contributed by atoms with Gasteiger partial charge in [0.25, 0.3) is 0 Å². The standard InChI is InChI=1S/C12H23NO/c1-3-4-5-6-11(14)12(2)7-9-13-10-8-12/h13H,3-10H2,1-2H3. The van der Waals surface area contributed by atoms with Gasteiger partial charge >= 0.3 is 0 Å². The van der Waals surface area contributed by atoms with Crippen LogP contribution in [0.2, 0.25) is 0 Å². The second-order valence-electron chi connectivity index (χ2n) is 4.69. The van der Waals surface area contributed by atoms with E-state index in [1.165, 1.54) is 12.8 Å². The summed E-state index contributed by atoms with van der Waals surface area (Å²) in [6.45, 7) is 6.34. The predicted octanol–water partition coefficient (Wildman–Crippen LogP) is 2.53. The summed E-state index contributed by atoms with van der Waals surface area (Å²) in [5.41, 5.74) is -0.0149. The minimum atomic E-state index is -0.0149. The molecule has 0 saturated carbocycles. The number of hydrogen-bond acceptors (Lipinski definition) is 2. The van der Waals surface area contributed by atoms with Crippen molar-refractivity contribution in [2.75, 3.05) is 13.1 Å². The molecule has 14 heavy (non-hydrogen) atoms. The minimum absolute atomic E-state index is 0.0149. The smallest absolute Gasteiger partial charge is 0.138 e. The first-order valence-corrected chi connectivity index (χ1v) is 5.93. The Morgan fingerprint density at radius 3 is 2.50 bits per heavy atom. The molecule has 0 bridgehead atoms. The highest BCUT2D eigenvalue weighted by atomic mass is 16.1. The molecular formula is C12H23NO. The van der Waals surface area contributed by atoms with Crippen molar-refractivity contribution in [3.05, 3.63) is 0 Å². The van der Waals surface area contributed by atoms with Gasteiger partial charge in [0.05, 0.1) is 0 Å². The van der Waals surface area contributed by atoms with Gasteiger partial charge in [-0.15, -0.1) is 0 Å². The summed E-state index contributed by atoms with van der Waals surface area (Å²) in [7, 11) is 0. The summed E-state index contributed by atoms with van der Waals surface area (Å²) in [6, 6.07) is 0. The van der Waals surface area contributed by atoms with Gasteiger partial charge in [0.15, 0.2) is 0 Å². The molecule has 1 rings (SSSR count). The fourth-order valence-corrected chi connectivity index (χ4v) is 2.09. The number of carbonyl (C=O) groups is 1. The van der Waals surface area contributed by atoms with E-state index in [1.807, 2.05) is 0 Å². The van der Waals surface area contributed by atoms with Gasteiger partial charge in [-0.05, 0) is 32.4 Å². The molecule has 1 saturated heterocycles. The highest BCUT2D eigenvalue weighted by Crippen LogP contribution is 2.30. The molecule has 82 valence electrons. The van der Waals surface area contributed by atoms with Crippen molar-refractivity contribution in [3.8, 4) is 0 Å². The lowest BCUT2D eigenvalue weighted by atomic mass is 9.76. The lowest BCUT2D eigenvalue weighted by Crippen LogP contribution is -2.39. The zero-order valence-corrected chi connectivity index (χ0v) is 9.57. The summed E-state index contributed by atoms with van der Waals surface area (Å²) in [4.78, 5) is 12.0. The number of ketones is 1. The number of unbranched alkanes of at least 4 members (excludes halogenated alkanes) is 2. The Morgan fingerprint density at radius 2 is 1.93 bits per heavy atom. The maximum Gasteiger partial charge on any atom is 0.138 e. The van der Waals surface area contributed by atoms with Crippen LogP contribution in [0, 0.1) is 5.41 Å². The Kier molecular flexibility index (Phi) is 4.59. The van der Waals surface area contributed by atoms with Crippen molar-refractivity contribution >= 4 is 5.78 Å². The van der Waals surface area contributed by atoms with E-state index in [-0.39, 0.29) is 5.41 Å². The normalized spacial score (nSPS) is 20.7. The largest absolute Gasteiger partial charge is 0.317 e. The van der Waals surface area contributed by atoms with Crippen LogP contribution in [0.1, 0.15) is 52.4 Å². The average molecular weight is 197 g/mol. The number of piperidine rings is 1. The third-order valence-corrected chi connectivity index (χ3v) is 3.39. The van der Waals surface area contributed by atoms with E-state index < -0.39 is 0 Å². The molecule has 0 atom stereocenters. The predicted molar refractivity (Wildman–Crippen MR) is 59.4 cm³/mol. The molecule has 0 aliphatic carbocycles. The number of carbonyl (C=O) groups excluding carboxylic acids is 1. The number of Topliss-reactive ketones (excluding diaryl/α,β-unsaturated/α-hetero) is 1. The van der Waals surface area contributed by atoms with E-state index in [4.69, 9.17) is 0 Å². The highest BCUT2D eigenvalue weighted by molar-refractivity contribution is 5.84. The highest BCUT2D eigenvalue weighted by Gasteiger charge is 2.33. The van der Waals surface area contributed by atoms with Gasteiger partial charge in [0.2, 0.25) is 0 Å². The molecule has 0 radical (unpaired) electrons. The quantitative estimate of drug-likeness (QED) is 0.686. The van der Waals surface area contributed by atoms with Gasteiger partial charge < -0.3 is 5.32 Å². The monoisotopic (exact) mass is 197 g/mol. The van der Waals surface area contributed by atoms with Crippen LogP contribution in [0.4, 0.5) is 0 Å². The van der Waals surface area contributed by atoms with Crippen molar-refractivity contribution in [2.45, 2.75) is 52.4 Å². The zero-order chi connectivity index (χ0) is 10.4. The van der Waals surface area contributed by atoms with E-state index in [2.05, 4.69) is 19.2 Å². The maximum atomic E-state index is 12.0. The molecule has 1 aliphatic heterocycles. The van der Waals surface area contributed by atoms with E-state index >= 15 is 0 Å². The van der Waals surface area contributed by atoms with Crippen LogP contribution in [-0.2, 0) is 4.79 Å². The van der Waals surface area contributed by atoms with Crippen molar-refractivity contribution in [1.29, 1.82) is 0 Å². The van der Waals surface area contributed by atoms with Gasteiger partial charge in [-0.2, -0.15) is 0 Å². The summed E-state index contributed by atoms with van der Waals surface area (Å²) < 4.78 is 0. The Morgan fingerprint density at radius 1 is 1.29 bits per heavy atom. The molecule has 0 spiro atoms. The van der Waals surface area contributed by atoms with Gasteiger partial charge in [0.1, 0.15) is 5.78 Å². The molecule has 0 amide bonds. The molecule has 2 nitrogen and oxygen atoms in total. The van der Waals surface area contributed by atoms with Crippen molar-refractivity contribution in [3.63, 3.8) is 0 Å². The lowest BCUT2D eigenvalue weighted by Gasteiger charge is -2.32. The first-order chi connectivity index (χ1) is 6.69. The minimum Gasteiger partial charge on any atom is -0.317 e. The molecule has 0 unspecified atom stereocenters. The molecule has 2 heteroatoms. The molecule has 0 aromatic rings. The second kappa shape index (κ2) is 5.50. The van der Waals surface area contributed by atoms with E-state index in [1.54, 1.807) is 0 Å². The zero-order valence-electron chi connectivity index (χ0n) is 9.57. The molecular weight excluding hydrogens is 174 g/mol. The third-order valence-electron chi connectivity index (χ3n) is 3.39. The van der Waals surface area contributed by atoms with Crippen LogP contribution in [0.3, 0.4) is 0 Å². The van der Waals surface area contributed by atoms with Gasteiger partial charge in [0, 0.05) is 11.8 Å². The topological polar surface area (TPSA) is 29.1 Å². The van der Waals surface area contributed by atoms with Crippen molar-refractivity contribution in [1.82, 2.24) is 5.32 Å². The van der Waals surface area contributed by atoms with Crippen molar-refractivity contribution < 1.29 is 4.79 Å². The molecule has 1 heterocycles. The first-order valence-electron chi connectivity index (χ1n) is 5.93. The van der Waals surface area contributed by atoms with E-state index in [0.29, 0.717) is 5.78 Å².